The van der Waals surface area contributed by atoms with Gasteiger partial charge in [-0.25, -0.2) is 4.39 Å². The summed E-state index contributed by atoms with van der Waals surface area (Å²) < 4.78 is 13.2. The molecule has 2 amide bonds. The summed E-state index contributed by atoms with van der Waals surface area (Å²) >= 11 is 6.12. The van der Waals surface area contributed by atoms with Crippen LogP contribution < -0.4 is 5.32 Å². The molecule has 0 radical (unpaired) electrons. The minimum Gasteiger partial charge on any atom is -0.353 e. The van der Waals surface area contributed by atoms with Crippen molar-refractivity contribution in [1.29, 1.82) is 0 Å². The molecule has 3 rings (SSSR count). The molecule has 1 N–H and O–H groups in total. The van der Waals surface area contributed by atoms with Crippen molar-refractivity contribution in [3.8, 4) is 0 Å². The zero-order valence-corrected chi connectivity index (χ0v) is 14.9. The second-order valence-electron chi connectivity index (χ2n) is 6.66. The topological polar surface area (TPSA) is 52.7 Å². The quantitative estimate of drug-likeness (QED) is 0.887. The van der Waals surface area contributed by atoms with Crippen LogP contribution in [0, 0.1) is 5.82 Å². The molecule has 2 fully saturated rings. The molecule has 0 bridgehead atoms. The number of likely N-dealkylation sites (tertiary alicyclic amines) is 1. The van der Waals surface area contributed by atoms with Crippen LogP contribution in [-0.2, 0) is 16.1 Å². The van der Waals surface area contributed by atoms with Crippen LogP contribution in [0.25, 0.3) is 0 Å². The maximum absolute atomic E-state index is 13.2. The minimum atomic E-state index is -0.510. The predicted molar refractivity (Wildman–Crippen MR) is 93.7 cm³/mol. The van der Waals surface area contributed by atoms with Crippen LogP contribution in [0.4, 0.5) is 4.39 Å². The van der Waals surface area contributed by atoms with Gasteiger partial charge in [0.15, 0.2) is 0 Å². The normalized spacial score (nSPS) is 21.9. The lowest BCUT2D eigenvalue weighted by atomic mass is 10.0. The van der Waals surface area contributed by atoms with Crippen molar-refractivity contribution < 1.29 is 14.0 Å². The highest BCUT2D eigenvalue weighted by molar-refractivity contribution is 6.31. The van der Waals surface area contributed by atoms with Gasteiger partial charge >= 0.3 is 0 Å². The highest BCUT2D eigenvalue weighted by Crippen LogP contribution is 2.22. The smallest absolute Gasteiger partial charge is 0.237 e. The van der Waals surface area contributed by atoms with Gasteiger partial charge in [-0.1, -0.05) is 17.7 Å². The molecule has 0 aromatic heterocycles. The van der Waals surface area contributed by atoms with E-state index in [1.807, 2.05) is 9.80 Å². The first-order valence-electron chi connectivity index (χ1n) is 8.78. The summed E-state index contributed by atoms with van der Waals surface area (Å²) in [7, 11) is 0. The monoisotopic (exact) mass is 367 g/mol. The van der Waals surface area contributed by atoms with Crippen LogP contribution in [0.3, 0.4) is 0 Å². The lowest BCUT2D eigenvalue weighted by Crippen LogP contribution is -2.56. The van der Waals surface area contributed by atoms with Gasteiger partial charge in [-0.05, 0) is 37.0 Å². The number of piperazine rings is 1. The number of amides is 2. The van der Waals surface area contributed by atoms with Crippen LogP contribution in [0.1, 0.15) is 31.2 Å². The van der Waals surface area contributed by atoms with Gasteiger partial charge in [0.1, 0.15) is 5.82 Å². The molecular formula is C18H23ClFN3O2. The van der Waals surface area contributed by atoms with Crippen molar-refractivity contribution in [2.24, 2.45) is 0 Å². The number of benzene rings is 1. The summed E-state index contributed by atoms with van der Waals surface area (Å²) in [6, 6.07) is 3.76. The number of rotatable bonds is 4. The van der Waals surface area contributed by atoms with Gasteiger partial charge in [-0.3, -0.25) is 14.5 Å². The van der Waals surface area contributed by atoms with E-state index < -0.39 is 6.04 Å². The SMILES string of the molecule is O=C1NCCN(Cc2ccc(F)cc2Cl)C1CC(=O)N1CCCCC1. The maximum Gasteiger partial charge on any atom is 0.237 e. The molecule has 2 aliphatic heterocycles. The Morgan fingerprint density at radius 1 is 1.24 bits per heavy atom. The summed E-state index contributed by atoms with van der Waals surface area (Å²) in [5, 5.41) is 3.18. The van der Waals surface area contributed by atoms with E-state index in [-0.39, 0.29) is 24.1 Å². The van der Waals surface area contributed by atoms with Crippen LogP contribution in [0.15, 0.2) is 18.2 Å². The number of piperidine rings is 1. The Hall–Kier alpha value is -1.66. The number of nitrogens with one attached hydrogen (secondary N) is 1. The standard InChI is InChI=1S/C18H23ClFN3O2/c19-15-10-14(20)5-4-13(15)12-23-9-6-21-18(25)16(23)11-17(24)22-7-2-1-3-8-22/h4-5,10,16H,1-3,6-9,11-12H2,(H,21,25). The van der Waals surface area contributed by atoms with E-state index in [1.54, 1.807) is 6.07 Å². The van der Waals surface area contributed by atoms with Gasteiger partial charge < -0.3 is 10.2 Å². The molecule has 5 nitrogen and oxygen atoms in total. The molecule has 0 spiro atoms. The molecule has 7 heteroatoms. The van der Waals surface area contributed by atoms with Crippen molar-refractivity contribution in [2.45, 2.75) is 38.3 Å². The third kappa shape index (κ3) is 4.50. The zero-order chi connectivity index (χ0) is 17.8. The van der Waals surface area contributed by atoms with Crippen molar-refractivity contribution in [2.75, 3.05) is 26.2 Å². The first-order chi connectivity index (χ1) is 12.0. The number of hydrogen-bond acceptors (Lipinski definition) is 3. The zero-order valence-electron chi connectivity index (χ0n) is 14.1. The highest BCUT2D eigenvalue weighted by Gasteiger charge is 2.33. The van der Waals surface area contributed by atoms with Gasteiger partial charge in [0.25, 0.3) is 0 Å². The molecule has 0 aliphatic carbocycles. The van der Waals surface area contributed by atoms with Crippen LogP contribution in [0.5, 0.6) is 0 Å². The van der Waals surface area contributed by atoms with Crippen LogP contribution in [-0.4, -0.2) is 53.8 Å². The Labute approximate surface area is 152 Å². The molecule has 2 aliphatic rings. The molecule has 2 saturated heterocycles. The van der Waals surface area contributed by atoms with E-state index in [0.29, 0.717) is 24.7 Å². The Kier molecular flexibility index (Phi) is 5.91. The predicted octanol–water partition coefficient (Wildman–Crippen LogP) is 2.18. The van der Waals surface area contributed by atoms with E-state index in [1.165, 1.54) is 12.1 Å². The Balaban J connectivity index is 1.70. The molecule has 2 heterocycles. The lowest BCUT2D eigenvalue weighted by molar-refractivity contribution is -0.139. The fraction of sp³-hybridized carbons (Fsp3) is 0.556. The van der Waals surface area contributed by atoms with E-state index >= 15 is 0 Å². The molecule has 1 aromatic carbocycles. The highest BCUT2D eigenvalue weighted by atomic mass is 35.5. The average molecular weight is 368 g/mol. The average Bonchev–Trinajstić information content (AvgIpc) is 2.61. The Bertz CT molecular complexity index is 649. The summed E-state index contributed by atoms with van der Waals surface area (Å²) in [6.07, 6.45) is 3.38. The number of carbonyl (C=O) groups excluding carboxylic acids is 2. The molecule has 0 saturated carbocycles. The van der Waals surface area contributed by atoms with E-state index in [0.717, 1.165) is 37.9 Å². The molecule has 1 unspecified atom stereocenters. The van der Waals surface area contributed by atoms with Gasteiger partial charge in [0, 0.05) is 37.7 Å². The summed E-state index contributed by atoms with van der Waals surface area (Å²) in [4.78, 5) is 28.7. The number of nitrogens with zero attached hydrogens (tertiary/aromatic N) is 2. The third-order valence-corrected chi connectivity index (χ3v) is 5.26. The summed E-state index contributed by atoms with van der Waals surface area (Å²) in [5.41, 5.74) is 0.758. The largest absolute Gasteiger partial charge is 0.353 e. The number of halogens is 2. The fourth-order valence-electron chi connectivity index (χ4n) is 3.48. The van der Waals surface area contributed by atoms with Crippen molar-refractivity contribution in [3.05, 3.63) is 34.6 Å². The number of hydrogen-bond donors (Lipinski definition) is 1. The van der Waals surface area contributed by atoms with E-state index in [4.69, 9.17) is 11.6 Å². The lowest BCUT2D eigenvalue weighted by Gasteiger charge is -2.36. The Morgan fingerprint density at radius 2 is 2.00 bits per heavy atom. The van der Waals surface area contributed by atoms with Gasteiger partial charge in [-0.15, -0.1) is 0 Å². The first kappa shape index (κ1) is 18.1. The first-order valence-corrected chi connectivity index (χ1v) is 9.16. The molecule has 1 aromatic rings. The van der Waals surface area contributed by atoms with Gasteiger partial charge in [0.2, 0.25) is 11.8 Å². The molecule has 136 valence electrons. The fourth-order valence-corrected chi connectivity index (χ4v) is 3.71. The molecule has 1 atom stereocenters. The van der Waals surface area contributed by atoms with Crippen molar-refractivity contribution in [1.82, 2.24) is 15.1 Å². The van der Waals surface area contributed by atoms with Crippen molar-refractivity contribution >= 4 is 23.4 Å². The Morgan fingerprint density at radius 3 is 2.72 bits per heavy atom. The maximum atomic E-state index is 13.2. The van der Waals surface area contributed by atoms with E-state index in [2.05, 4.69) is 5.32 Å². The second-order valence-corrected chi connectivity index (χ2v) is 7.07. The van der Waals surface area contributed by atoms with Gasteiger partial charge in [0.05, 0.1) is 12.5 Å². The van der Waals surface area contributed by atoms with Crippen molar-refractivity contribution in [3.63, 3.8) is 0 Å². The summed E-state index contributed by atoms with van der Waals surface area (Å²) in [5.74, 6) is -0.492. The molecular weight excluding hydrogens is 345 g/mol. The second kappa shape index (κ2) is 8.15. The summed E-state index contributed by atoms with van der Waals surface area (Å²) in [6.45, 7) is 3.14. The van der Waals surface area contributed by atoms with E-state index in [9.17, 15) is 14.0 Å². The minimum absolute atomic E-state index is 0.0250. The third-order valence-electron chi connectivity index (χ3n) is 4.91. The molecule has 25 heavy (non-hydrogen) atoms. The number of carbonyl (C=O) groups is 2. The van der Waals surface area contributed by atoms with Crippen LogP contribution >= 0.6 is 11.6 Å². The van der Waals surface area contributed by atoms with Crippen LogP contribution in [0.2, 0.25) is 5.02 Å². The van der Waals surface area contributed by atoms with Gasteiger partial charge in [-0.2, -0.15) is 0 Å².